The number of urea groups is 1. The molecule has 0 aliphatic carbocycles. The zero-order valence-electron chi connectivity index (χ0n) is 10.5. The van der Waals surface area contributed by atoms with Crippen LogP contribution in [0.2, 0.25) is 0 Å². The topological polar surface area (TPSA) is 78.4 Å². The summed E-state index contributed by atoms with van der Waals surface area (Å²) in [6, 6.07) is 1.45. The van der Waals surface area contributed by atoms with Gasteiger partial charge in [0.05, 0.1) is 0 Å². The Hall–Kier alpha value is -1.56. The van der Waals surface area contributed by atoms with E-state index in [0.717, 1.165) is 5.56 Å². The lowest BCUT2D eigenvalue weighted by Gasteiger charge is -2.25. The minimum Gasteiger partial charge on any atom is -0.480 e. The first-order chi connectivity index (χ1) is 8.48. The third-order valence-electron chi connectivity index (χ3n) is 2.64. The van der Waals surface area contributed by atoms with Gasteiger partial charge >= 0.3 is 12.0 Å². The van der Waals surface area contributed by atoms with Crippen molar-refractivity contribution in [2.75, 3.05) is 0 Å². The Morgan fingerprint density at radius 3 is 2.72 bits per heavy atom. The van der Waals surface area contributed by atoms with Crippen molar-refractivity contribution in [3.8, 4) is 0 Å². The van der Waals surface area contributed by atoms with Gasteiger partial charge in [-0.05, 0) is 35.7 Å². The largest absolute Gasteiger partial charge is 0.480 e. The first kappa shape index (κ1) is 14.5. The lowest BCUT2D eigenvalue weighted by atomic mass is 9.97. The van der Waals surface area contributed by atoms with Crippen molar-refractivity contribution in [2.24, 2.45) is 0 Å². The Morgan fingerprint density at radius 1 is 1.50 bits per heavy atom. The van der Waals surface area contributed by atoms with E-state index in [-0.39, 0.29) is 0 Å². The van der Waals surface area contributed by atoms with E-state index in [2.05, 4.69) is 10.6 Å². The molecule has 0 aliphatic heterocycles. The maximum Gasteiger partial charge on any atom is 0.329 e. The Kier molecular flexibility index (Phi) is 5.15. The molecule has 0 aliphatic rings. The molecule has 3 N–H and O–H groups in total. The molecule has 1 aromatic heterocycles. The maximum absolute atomic E-state index is 11.7. The van der Waals surface area contributed by atoms with Gasteiger partial charge in [0.25, 0.3) is 0 Å². The Bertz CT molecular complexity index is 405. The van der Waals surface area contributed by atoms with Crippen molar-refractivity contribution in [1.29, 1.82) is 0 Å². The highest BCUT2D eigenvalue weighted by Crippen LogP contribution is 2.12. The quantitative estimate of drug-likeness (QED) is 0.741. The number of carboxylic acids is 1. The smallest absolute Gasteiger partial charge is 0.329 e. The molecule has 1 unspecified atom stereocenters. The highest BCUT2D eigenvalue weighted by atomic mass is 32.1. The van der Waals surface area contributed by atoms with Gasteiger partial charge in [0, 0.05) is 6.54 Å². The summed E-state index contributed by atoms with van der Waals surface area (Å²) in [5.41, 5.74) is -0.212. The Balaban J connectivity index is 2.49. The molecule has 18 heavy (non-hydrogen) atoms. The van der Waals surface area contributed by atoms with E-state index < -0.39 is 17.5 Å². The molecule has 6 heteroatoms. The van der Waals surface area contributed by atoms with E-state index >= 15 is 0 Å². The molecule has 1 atom stereocenters. The standard InChI is InChI=1S/C12H18N2O3S/c1-3-5-12(2,10(15)16)14-11(17)13-7-9-4-6-18-8-9/h4,6,8H,3,5,7H2,1-2H3,(H,15,16)(H2,13,14,17). The van der Waals surface area contributed by atoms with Crippen molar-refractivity contribution in [3.63, 3.8) is 0 Å². The maximum atomic E-state index is 11.7. The van der Waals surface area contributed by atoms with Gasteiger partial charge in [-0.1, -0.05) is 13.3 Å². The average Bonchev–Trinajstić information content (AvgIpc) is 2.79. The molecular weight excluding hydrogens is 252 g/mol. The molecule has 1 aromatic rings. The number of hydrogen-bond acceptors (Lipinski definition) is 3. The summed E-state index contributed by atoms with van der Waals surface area (Å²) in [5, 5.41) is 18.1. The molecule has 0 aromatic carbocycles. The van der Waals surface area contributed by atoms with Gasteiger partial charge in [0.2, 0.25) is 0 Å². The SMILES string of the molecule is CCCC(C)(NC(=O)NCc1ccsc1)C(=O)O. The van der Waals surface area contributed by atoms with Crippen LogP contribution in [-0.2, 0) is 11.3 Å². The first-order valence-corrected chi connectivity index (χ1v) is 6.72. The van der Waals surface area contributed by atoms with Crippen LogP contribution in [0.4, 0.5) is 4.79 Å². The van der Waals surface area contributed by atoms with Crippen LogP contribution in [0.25, 0.3) is 0 Å². The number of rotatable bonds is 6. The van der Waals surface area contributed by atoms with E-state index in [1.165, 1.54) is 6.92 Å². The minimum absolute atomic E-state index is 0.397. The van der Waals surface area contributed by atoms with Crippen LogP contribution in [0.3, 0.4) is 0 Å². The number of carbonyl (C=O) groups excluding carboxylic acids is 1. The molecule has 0 saturated heterocycles. The molecule has 1 heterocycles. The molecule has 1 rings (SSSR count). The van der Waals surface area contributed by atoms with E-state index in [1.54, 1.807) is 11.3 Å². The Morgan fingerprint density at radius 2 is 2.22 bits per heavy atom. The third kappa shape index (κ3) is 4.03. The van der Waals surface area contributed by atoms with Crippen LogP contribution in [0.5, 0.6) is 0 Å². The number of thiophene rings is 1. The second kappa shape index (κ2) is 6.39. The van der Waals surface area contributed by atoms with Gasteiger partial charge in [-0.15, -0.1) is 0 Å². The second-order valence-corrected chi connectivity index (χ2v) is 5.11. The predicted molar refractivity (Wildman–Crippen MR) is 70.6 cm³/mol. The van der Waals surface area contributed by atoms with Crippen LogP contribution >= 0.6 is 11.3 Å². The lowest BCUT2D eigenvalue weighted by Crippen LogP contribution is -2.55. The van der Waals surface area contributed by atoms with Crippen LogP contribution in [0.1, 0.15) is 32.3 Å². The van der Waals surface area contributed by atoms with Crippen molar-refractivity contribution in [3.05, 3.63) is 22.4 Å². The fourth-order valence-electron chi connectivity index (χ4n) is 1.59. The van der Waals surface area contributed by atoms with Gasteiger partial charge in [0.1, 0.15) is 5.54 Å². The summed E-state index contributed by atoms with van der Waals surface area (Å²) in [4.78, 5) is 22.8. The monoisotopic (exact) mass is 270 g/mol. The van der Waals surface area contributed by atoms with E-state index in [0.29, 0.717) is 19.4 Å². The number of nitrogens with one attached hydrogen (secondary N) is 2. The average molecular weight is 270 g/mol. The number of amides is 2. The lowest BCUT2D eigenvalue weighted by molar-refractivity contribution is -0.144. The van der Waals surface area contributed by atoms with Crippen LogP contribution in [0.15, 0.2) is 16.8 Å². The second-order valence-electron chi connectivity index (χ2n) is 4.33. The zero-order valence-corrected chi connectivity index (χ0v) is 11.3. The van der Waals surface area contributed by atoms with Crippen LogP contribution in [-0.4, -0.2) is 22.6 Å². The van der Waals surface area contributed by atoms with E-state index in [4.69, 9.17) is 5.11 Å². The first-order valence-electron chi connectivity index (χ1n) is 5.78. The highest BCUT2D eigenvalue weighted by molar-refractivity contribution is 7.07. The molecule has 0 radical (unpaired) electrons. The van der Waals surface area contributed by atoms with Crippen LogP contribution < -0.4 is 10.6 Å². The summed E-state index contributed by atoms with van der Waals surface area (Å²) in [7, 11) is 0. The molecule has 2 amide bonds. The highest BCUT2D eigenvalue weighted by Gasteiger charge is 2.33. The van der Waals surface area contributed by atoms with Crippen molar-refractivity contribution in [2.45, 2.75) is 38.8 Å². The zero-order chi connectivity index (χ0) is 13.6. The number of carbonyl (C=O) groups is 2. The van der Waals surface area contributed by atoms with Gasteiger partial charge < -0.3 is 15.7 Å². The number of carboxylic acid groups (broad SMARTS) is 1. The molecular formula is C12H18N2O3S. The molecule has 0 fully saturated rings. The van der Waals surface area contributed by atoms with Crippen molar-refractivity contribution >= 4 is 23.3 Å². The van der Waals surface area contributed by atoms with Gasteiger partial charge in [0.15, 0.2) is 0 Å². The Labute approximate surface area is 110 Å². The molecule has 0 saturated carbocycles. The number of hydrogen-bond donors (Lipinski definition) is 3. The minimum atomic E-state index is -1.21. The van der Waals surface area contributed by atoms with Gasteiger partial charge in [-0.2, -0.15) is 11.3 Å². The fourth-order valence-corrected chi connectivity index (χ4v) is 2.26. The summed E-state index contributed by atoms with van der Waals surface area (Å²) >= 11 is 1.55. The summed E-state index contributed by atoms with van der Waals surface area (Å²) in [6.07, 6.45) is 1.09. The fraction of sp³-hybridized carbons (Fsp3) is 0.500. The van der Waals surface area contributed by atoms with E-state index in [1.807, 2.05) is 23.8 Å². The van der Waals surface area contributed by atoms with Crippen LogP contribution in [0, 0.1) is 0 Å². The number of aliphatic carboxylic acids is 1. The van der Waals surface area contributed by atoms with Gasteiger partial charge in [-0.3, -0.25) is 0 Å². The molecule has 5 nitrogen and oxygen atoms in total. The van der Waals surface area contributed by atoms with Crippen molar-refractivity contribution < 1.29 is 14.7 Å². The predicted octanol–water partition coefficient (Wildman–Crippen LogP) is 2.19. The molecule has 0 spiro atoms. The third-order valence-corrected chi connectivity index (χ3v) is 3.38. The van der Waals surface area contributed by atoms with Gasteiger partial charge in [-0.25, -0.2) is 9.59 Å². The molecule has 0 bridgehead atoms. The van der Waals surface area contributed by atoms with E-state index in [9.17, 15) is 9.59 Å². The molecule has 100 valence electrons. The summed E-state index contributed by atoms with van der Waals surface area (Å²) in [6.45, 7) is 3.80. The van der Waals surface area contributed by atoms with Crippen molar-refractivity contribution in [1.82, 2.24) is 10.6 Å². The summed E-state index contributed by atoms with van der Waals surface area (Å²) in [5.74, 6) is -1.02. The summed E-state index contributed by atoms with van der Waals surface area (Å²) < 4.78 is 0. The normalized spacial score (nSPS) is 13.7.